The molecule has 0 radical (unpaired) electrons. The molecule has 2 aromatic rings. The Hall–Kier alpha value is -1.20. The Morgan fingerprint density at radius 3 is 1.68 bits per heavy atom. The summed E-state index contributed by atoms with van der Waals surface area (Å²) in [6.45, 7) is 2.17. The van der Waals surface area contributed by atoms with Crippen LogP contribution in [0.3, 0.4) is 0 Å². The fourth-order valence-corrected chi connectivity index (χ4v) is 6.64. The van der Waals surface area contributed by atoms with E-state index < -0.39 is 7.26 Å². The molecular weight excluding hydrogens is 254 g/mol. The molecule has 0 unspecified atom stereocenters. The second-order valence-electron chi connectivity index (χ2n) is 5.05. The monoisotopic (exact) mass is 276 g/mol. The Balaban J connectivity index is 2.48. The molecule has 0 fully saturated rings. The number of halogens is 1. The van der Waals surface area contributed by atoms with E-state index in [0.29, 0.717) is 0 Å². The van der Waals surface area contributed by atoms with Crippen molar-refractivity contribution in [2.45, 2.75) is 19.8 Å². The Bertz CT molecular complexity index is 442. The van der Waals surface area contributed by atoms with Gasteiger partial charge >= 0.3 is 115 Å². The maximum atomic E-state index is 14.1. The SMILES string of the molecule is CCCC[PH](CF)(c1ccccc1)c1ccccc1. The first kappa shape index (κ1) is 14.2. The molecule has 19 heavy (non-hydrogen) atoms. The van der Waals surface area contributed by atoms with Gasteiger partial charge in [-0.25, -0.2) is 0 Å². The average molecular weight is 276 g/mol. The zero-order valence-electron chi connectivity index (χ0n) is 11.5. The van der Waals surface area contributed by atoms with E-state index in [1.807, 2.05) is 36.4 Å². The Kier molecular flexibility index (Phi) is 5.10. The molecule has 0 aliphatic heterocycles. The molecule has 0 aliphatic carbocycles. The third kappa shape index (κ3) is 3.04. The van der Waals surface area contributed by atoms with Gasteiger partial charge in [0.15, 0.2) is 0 Å². The molecule has 2 heteroatoms. The van der Waals surface area contributed by atoms with Crippen LogP contribution in [0, 0.1) is 0 Å². The number of unbranched alkanes of at least 4 members (excludes halogenated alkanes) is 1. The molecule has 102 valence electrons. The van der Waals surface area contributed by atoms with Gasteiger partial charge in [-0.15, -0.1) is 0 Å². The summed E-state index contributed by atoms with van der Waals surface area (Å²) in [7, 11) is -2.21. The van der Waals surface area contributed by atoms with Crippen LogP contribution >= 0.6 is 7.26 Å². The van der Waals surface area contributed by atoms with Crippen molar-refractivity contribution < 1.29 is 4.39 Å². The van der Waals surface area contributed by atoms with E-state index in [4.69, 9.17) is 0 Å². The van der Waals surface area contributed by atoms with Crippen LogP contribution in [0.4, 0.5) is 4.39 Å². The summed E-state index contributed by atoms with van der Waals surface area (Å²) in [6, 6.07) is 20.6. The van der Waals surface area contributed by atoms with E-state index in [1.165, 1.54) is 10.6 Å². The van der Waals surface area contributed by atoms with Crippen LogP contribution in [-0.4, -0.2) is 12.6 Å². The first-order chi connectivity index (χ1) is 9.33. The molecule has 0 aliphatic rings. The van der Waals surface area contributed by atoms with Crippen molar-refractivity contribution in [2.24, 2.45) is 0 Å². The number of hydrogen-bond donors (Lipinski definition) is 0. The number of benzene rings is 2. The van der Waals surface area contributed by atoms with E-state index in [9.17, 15) is 4.39 Å². The predicted molar refractivity (Wildman–Crippen MR) is 86.2 cm³/mol. The summed E-state index contributed by atoms with van der Waals surface area (Å²) >= 11 is 0. The second-order valence-corrected chi connectivity index (χ2v) is 9.14. The summed E-state index contributed by atoms with van der Waals surface area (Å²) in [5.74, 6) is 0. The third-order valence-electron chi connectivity index (χ3n) is 3.84. The zero-order valence-corrected chi connectivity index (χ0v) is 12.5. The van der Waals surface area contributed by atoms with Crippen molar-refractivity contribution in [1.29, 1.82) is 0 Å². The van der Waals surface area contributed by atoms with Crippen molar-refractivity contribution in [3.05, 3.63) is 60.7 Å². The van der Waals surface area contributed by atoms with Crippen molar-refractivity contribution in [3.63, 3.8) is 0 Å². The van der Waals surface area contributed by atoms with Gasteiger partial charge in [-0.1, -0.05) is 0 Å². The van der Waals surface area contributed by atoms with Crippen LogP contribution in [0.25, 0.3) is 0 Å². The molecule has 2 aromatic carbocycles. The van der Waals surface area contributed by atoms with Gasteiger partial charge in [0, 0.05) is 0 Å². The van der Waals surface area contributed by atoms with Gasteiger partial charge < -0.3 is 0 Å². The van der Waals surface area contributed by atoms with Gasteiger partial charge in [0.25, 0.3) is 0 Å². The van der Waals surface area contributed by atoms with Gasteiger partial charge in [0.2, 0.25) is 0 Å². The molecule has 0 aromatic heterocycles. The minimum atomic E-state index is -2.21. The van der Waals surface area contributed by atoms with Crippen molar-refractivity contribution in [3.8, 4) is 0 Å². The van der Waals surface area contributed by atoms with E-state index in [0.717, 1.165) is 19.0 Å². The molecule has 0 saturated carbocycles. The van der Waals surface area contributed by atoms with Crippen LogP contribution in [0.2, 0.25) is 0 Å². The summed E-state index contributed by atoms with van der Waals surface area (Å²) in [5, 5.41) is 2.44. The quantitative estimate of drug-likeness (QED) is 0.696. The predicted octanol–water partition coefficient (Wildman–Crippen LogP) is 4.11. The Labute approximate surface area is 116 Å². The molecule has 0 bridgehead atoms. The van der Waals surface area contributed by atoms with Crippen LogP contribution in [0.1, 0.15) is 19.8 Å². The van der Waals surface area contributed by atoms with Gasteiger partial charge in [-0.05, 0) is 0 Å². The summed E-state index contributed by atoms with van der Waals surface area (Å²) in [4.78, 5) is 0. The van der Waals surface area contributed by atoms with Gasteiger partial charge in [0.1, 0.15) is 0 Å². The average Bonchev–Trinajstić information content (AvgIpc) is 2.51. The van der Waals surface area contributed by atoms with E-state index >= 15 is 0 Å². The molecule has 0 amide bonds. The Morgan fingerprint density at radius 1 is 0.842 bits per heavy atom. The van der Waals surface area contributed by atoms with E-state index in [2.05, 4.69) is 31.2 Å². The first-order valence-corrected chi connectivity index (χ1v) is 9.42. The maximum absolute atomic E-state index is 14.1. The first-order valence-electron chi connectivity index (χ1n) is 7.00. The molecule has 0 spiro atoms. The molecule has 2 rings (SSSR count). The van der Waals surface area contributed by atoms with E-state index in [-0.39, 0.29) is 6.42 Å². The van der Waals surface area contributed by atoms with Gasteiger partial charge in [-0.3, -0.25) is 0 Å². The normalized spacial score (nSPS) is 12.3. The van der Waals surface area contributed by atoms with Crippen LogP contribution in [0.5, 0.6) is 0 Å². The van der Waals surface area contributed by atoms with E-state index in [1.54, 1.807) is 0 Å². The van der Waals surface area contributed by atoms with Crippen LogP contribution in [-0.2, 0) is 0 Å². The number of alkyl halides is 1. The minimum absolute atomic E-state index is 0.207. The Morgan fingerprint density at radius 2 is 1.32 bits per heavy atom. The van der Waals surface area contributed by atoms with Crippen molar-refractivity contribution in [1.82, 2.24) is 0 Å². The molecule has 0 heterocycles. The fraction of sp³-hybridized carbons (Fsp3) is 0.294. The fourth-order valence-electron chi connectivity index (χ4n) is 2.67. The molecule has 0 atom stereocenters. The molecule has 0 N–H and O–H groups in total. The van der Waals surface area contributed by atoms with Crippen molar-refractivity contribution in [2.75, 3.05) is 12.6 Å². The number of hydrogen-bond acceptors (Lipinski definition) is 0. The zero-order chi connectivity index (χ0) is 13.6. The third-order valence-corrected chi connectivity index (χ3v) is 8.38. The molecular formula is C17H22FP. The molecule has 0 nitrogen and oxygen atoms in total. The summed E-state index contributed by atoms with van der Waals surface area (Å²) in [6.07, 6.45) is 3.00. The van der Waals surface area contributed by atoms with Gasteiger partial charge in [0.05, 0.1) is 0 Å². The molecule has 0 saturated heterocycles. The van der Waals surface area contributed by atoms with Crippen molar-refractivity contribution >= 4 is 17.9 Å². The topological polar surface area (TPSA) is 0 Å². The number of rotatable bonds is 6. The second kappa shape index (κ2) is 6.82. The van der Waals surface area contributed by atoms with Crippen LogP contribution < -0.4 is 10.6 Å². The van der Waals surface area contributed by atoms with Crippen LogP contribution in [0.15, 0.2) is 60.7 Å². The van der Waals surface area contributed by atoms with Gasteiger partial charge in [-0.2, -0.15) is 0 Å². The summed E-state index contributed by atoms with van der Waals surface area (Å²) in [5.41, 5.74) is 0. The summed E-state index contributed by atoms with van der Waals surface area (Å²) < 4.78 is 14.1. The standard InChI is InChI=1S/C17H22FP/c1-2-3-14-19(15-18,16-10-6-4-7-11-16)17-12-8-5-9-13-17/h4-13,19H,2-3,14-15H2,1H3.